The summed E-state index contributed by atoms with van der Waals surface area (Å²) in [6.07, 6.45) is -1.78. The zero-order valence-electron chi connectivity index (χ0n) is 14.8. The molecule has 0 saturated heterocycles. The molecule has 2 rings (SSSR count). The van der Waals surface area contributed by atoms with Gasteiger partial charge in [-0.3, -0.25) is 14.9 Å². The van der Waals surface area contributed by atoms with Crippen LogP contribution in [0.3, 0.4) is 0 Å². The van der Waals surface area contributed by atoms with Gasteiger partial charge in [0.1, 0.15) is 31.4 Å². The lowest BCUT2D eigenvalue weighted by molar-refractivity contribution is -0.384. The Labute approximate surface area is 175 Å². The third-order valence-corrected chi connectivity index (χ3v) is 4.86. The van der Waals surface area contributed by atoms with Crippen molar-refractivity contribution in [1.29, 1.82) is 0 Å². The van der Waals surface area contributed by atoms with Crippen LogP contribution in [0.25, 0.3) is 0 Å². The summed E-state index contributed by atoms with van der Waals surface area (Å²) < 4.78 is 24.5. The summed E-state index contributed by atoms with van der Waals surface area (Å²) in [5.41, 5.74) is 1.02. The minimum Gasteiger partial charge on any atom is -0.488 e. The average Bonchev–Trinajstić information content (AvgIpc) is 2.61. The number of carbonyl (C=O) groups excluding carboxylic acids is 1. The molecule has 10 heteroatoms. The second-order valence-electron chi connectivity index (χ2n) is 5.87. The Morgan fingerprint density at radius 2 is 2.14 bits per heavy atom. The molecule has 146 valence electrons. The highest BCUT2D eigenvalue weighted by atomic mass is 79.9. The van der Waals surface area contributed by atoms with E-state index < -0.39 is 17.1 Å². The first-order valence-electron chi connectivity index (χ1n) is 8.06. The molecule has 0 spiro atoms. The molecule has 2 radical (unpaired) electrons. The predicted octanol–water partition coefficient (Wildman–Crippen LogP) is 3.83. The van der Waals surface area contributed by atoms with Gasteiger partial charge >= 0.3 is 5.97 Å². The molecule has 0 amide bonds. The molecule has 0 heterocycles. The SMILES string of the molecule is [B]c1cc(CC(F)CC(=O)OC)cc(Br)c1OCc1cccc([N+](=O)[O-])c1Cl. The summed E-state index contributed by atoms with van der Waals surface area (Å²) in [6.45, 7) is -0.0449. The Morgan fingerprint density at radius 1 is 1.43 bits per heavy atom. The number of halogens is 3. The summed E-state index contributed by atoms with van der Waals surface area (Å²) in [6, 6.07) is 7.58. The number of nitrogens with zero attached hydrogens (tertiary/aromatic N) is 1. The Morgan fingerprint density at radius 3 is 2.75 bits per heavy atom. The second kappa shape index (κ2) is 9.88. The van der Waals surface area contributed by atoms with Gasteiger partial charge in [0, 0.05) is 18.1 Å². The third-order valence-electron chi connectivity index (χ3n) is 3.83. The molecule has 28 heavy (non-hydrogen) atoms. The van der Waals surface area contributed by atoms with E-state index in [-0.39, 0.29) is 35.6 Å². The standard InChI is InChI=1S/C18H15BBrClFNO5/c1-27-16(24)8-12(22)5-10-6-13(19)18(14(20)7-10)28-9-11-3-2-4-15(17(11)21)23(25)26/h2-4,6-7,12H,5,8-9H2,1H3. The van der Waals surface area contributed by atoms with Gasteiger partial charge in [-0.1, -0.05) is 35.3 Å². The number of rotatable bonds is 8. The van der Waals surface area contributed by atoms with Crippen LogP contribution in [0.1, 0.15) is 17.5 Å². The summed E-state index contributed by atoms with van der Waals surface area (Å²) in [4.78, 5) is 21.5. The van der Waals surface area contributed by atoms with E-state index >= 15 is 0 Å². The van der Waals surface area contributed by atoms with Crippen molar-refractivity contribution in [3.8, 4) is 5.75 Å². The van der Waals surface area contributed by atoms with Crippen LogP contribution in [0.15, 0.2) is 34.8 Å². The number of esters is 1. The molecule has 2 aromatic rings. The number of carbonyl (C=O) groups is 1. The molecule has 6 nitrogen and oxygen atoms in total. The normalized spacial score (nSPS) is 11.7. The van der Waals surface area contributed by atoms with Crippen LogP contribution >= 0.6 is 27.5 Å². The van der Waals surface area contributed by atoms with E-state index in [4.69, 9.17) is 24.2 Å². The molecule has 1 atom stereocenters. The van der Waals surface area contributed by atoms with Crippen molar-refractivity contribution in [2.75, 3.05) is 7.11 Å². The lowest BCUT2D eigenvalue weighted by Crippen LogP contribution is -2.16. The van der Waals surface area contributed by atoms with E-state index in [0.29, 0.717) is 21.3 Å². The number of benzene rings is 2. The van der Waals surface area contributed by atoms with E-state index in [1.165, 1.54) is 19.2 Å². The van der Waals surface area contributed by atoms with Gasteiger partial charge in [-0.15, -0.1) is 0 Å². The van der Waals surface area contributed by atoms with E-state index in [9.17, 15) is 19.3 Å². The molecule has 0 aromatic heterocycles. The molecule has 0 saturated carbocycles. The topological polar surface area (TPSA) is 78.7 Å². The van der Waals surface area contributed by atoms with E-state index in [0.717, 1.165) is 0 Å². The Kier molecular flexibility index (Phi) is 7.83. The molecular weight excluding hydrogens is 455 g/mol. The first kappa shape index (κ1) is 22.2. The van der Waals surface area contributed by atoms with Gasteiger partial charge in [0.2, 0.25) is 0 Å². The lowest BCUT2D eigenvalue weighted by Gasteiger charge is -2.15. The zero-order valence-corrected chi connectivity index (χ0v) is 17.1. The molecule has 1 unspecified atom stereocenters. The third kappa shape index (κ3) is 5.69. The minimum absolute atomic E-state index is 0.0121. The number of nitro benzene ring substituents is 1. The molecule has 0 fully saturated rings. The maximum absolute atomic E-state index is 13.9. The molecule has 0 aliphatic rings. The van der Waals surface area contributed by atoms with Gasteiger partial charge in [-0.05, 0) is 27.6 Å². The van der Waals surface area contributed by atoms with Crippen LogP contribution in [0.5, 0.6) is 5.75 Å². The summed E-state index contributed by atoms with van der Waals surface area (Å²) in [5.74, 6) is -0.331. The average molecular weight is 470 g/mol. The Bertz CT molecular complexity index is 875. The van der Waals surface area contributed by atoms with Crippen LogP contribution in [0.2, 0.25) is 5.02 Å². The quantitative estimate of drug-likeness (QED) is 0.254. The van der Waals surface area contributed by atoms with Crippen molar-refractivity contribution in [2.45, 2.75) is 25.6 Å². The van der Waals surface area contributed by atoms with Crippen LogP contribution in [-0.2, 0) is 22.6 Å². The van der Waals surface area contributed by atoms with Crippen molar-refractivity contribution in [1.82, 2.24) is 0 Å². The lowest BCUT2D eigenvalue weighted by atomic mass is 9.91. The van der Waals surface area contributed by atoms with Gasteiger partial charge in [0.15, 0.2) is 0 Å². The van der Waals surface area contributed by atoms with Gasteiger partial charge in [0.05, 0.1) is 22.9 Å². The first-order chi connectivity index (χ1) is 13.2. The number of hydrogen-bond acceptors (Lipinski definition) is 5. The molecular formula is C18H15BBrClFNO5. The second-order valence-corrected chi connectivity index (χ2v) is 7.11. The van der Waals surface area contributed by atoms with Gasteiger partial charge in [-0.2, -0.15) is 0 Å². The largest absolute Gasteiger partial charge is 0.488 e. The Balaban J connectivity index is 2.12. The van der Waals surface area contributed by atoms with Gasteiger partial charge in [0.25, 0.3) is 5.69 Å². The molecule has 0 bridgehead atoms. The fourth-order valence-electron chi connectivity index (χ4n) is 2.50. The number of ether oxygens (including phenoxy) is 2. The predicted molar refractivity (Wildman–Crippen MR) is 107 cm³/mol. The van der Waals surface area contributed by atoms with Crippen molar-refractivity contribution in [2.24, 2.45) is 0 Å². The Hall–Kier alpha value is -2.13. The number of hydrogen-bond donors (Lipinski definition) is 0. The monoisotopic (exact) mass is 469 g/mol. The van der Waals surface area contributed by atoms with E-state index in [2.05, 4.69) is 20.7 Å². The van der Waals surface area contributed by atoms with Crippen molar-refractivity contribution >= 4 is 52.5 Å². The maximum Gasteiger partial charge on any atom is 0.308 e. The highest BCUT2D eigenvalue weighted by Crippen LogP contribution is 2.30. The number of alkyl halides is 1. The fourth-order valence-corrected chi connectivity index (χ4v) is 3.39. The minimum atomic E-state index is -1.41. The molecule has 0 aliphatic carbocycles. The zero-order chi connectivity index (χ0) is 20.8. The highest BCUT2D eigenvalue weighted by Gasteiger charge is 2.18. The summed E-state index contributed by atoms with van der Waals surface area (Å²) >= 11 is 9.36. The maximum atomic E-state index is 13.9. The number of methoxy groups -OCH3 is 1. The van der Waals surface area contributed by atoms with Crippen molar-refractivity contribution in [3.05, 3.63) is 61.1 Å². The fraction of sp³-hybridized carbons (Fsp3) is 0.278. The van der Waals surface area contributed by atoms with Gasteiger partial charge < -0.3 is 9.47 Å². The molecule has 0 aliphatic heterocycles. The van der Waals surface area contributed by atoms with Crippen molar-refractivity contribution in [3.63, 3.8) is 0 Å². The van der Waals surface area contributed by atoms with Crippen LogP contribution in [-0.4, -0.2) is 32.0 Å². The van der Waals surface area contributed by atoms with Crippen LogP contribution in [0.4, 0.5) is 10.1 Å². The smallest absolute Gasteiger partial charge is 0.308 e. The number of nitro groups is 1. The van der Waals surface area contributed by atoms with E-state index in [1.54, 1.807) is 18.2 Å². The van der Waals surface area contributed by atoms with Gasteiger partial charge in [-0.25, -0.2) is 4.39 Å². The van der Waals surface area contributed by atoms with Crippen LogP contribution < -0.4 is 10.2 Å². The molecule has 2 aromatic carbocycles. The molecule has 0 N–H and O–H groups in total. The van der Waals surface area contributed by atoms with Crippen LogP contribution in [0, 0.1) is 10.1 Å². The summed E-state index contributed by atoms with van der Waals surface area (Å²) in [5, 5.41) is 10.9. The highest BCUT2D eigenvalue weighted by molar-refractivity contribution is 9.10. The first-order valence-corrected chi connectivity index (χ1v) is 9.23. The summed E-state index contributed by atoms with van der Waals surface area (Å²) in [7, 11) is 7.19. The van der Waals surface area contributed by atoms with E-state index in [1.807, 2.05) is 0 Å². The van der Waals surface area contributed by atoms with Crippen molar-refractivity contribution < 1.29 is 23.6 Å².